The minimum absolute atomic E-state index is 0.262. The Morgan fingerprint density at radius 3 is 2.13 bits per heavy atom. The summed E-state index contributed by atoms with van der Waals surface area (Å²) >= 11 is 6.94. The van der Waals surface area contributed by atoms with Gasteiger partial charge in [0, 0.05) is 8.95 Å². The molecule has 0 radical (unpaired) electrons. The van der Waals surface area contributed by atoms with Crippen molar-refractivity contribution in [2.45, 2.75) is 0 Å². The minimum atomic E-state index is 0.262. The van der Waals surface area contributed by atoms with Crippen LogP contribution in [0.1, 0.15) is 0 Å². The molecule has 0 unspecified atom stereocenters. The van der Waals surface area contributed by atoms with Gasteiger partial charge in [-0.1, -0.05) is 50.1 Å². The summed E-state index contributed by atoms with van der Waals surface area (Å²) in [6.45, 7) is 0. The lowest BCUT2D eigenvalue weighted by molar-refractivity contribution is 0.475. The number of hydrogen-bond donors (Lipinski definition) is 1. The topological polar surface area (TPSA) is 20.2 Å². The molecule has 0 saturated carbocycles. The maximum atomic E-state index is 9.31. The summed E-state index contributed by atoms with van der Waals surface area (Å²) in [4.78, 5) is 0. The second kappa shape index (κ2) is 4.37. The SMILES string of the molecule is Oc1ccc(-c2ccccc2Br)c(Br)c1. The van der Waals surface area contributed by atoms with E-state index in [9.17, 15) is 5.11 Å². The molecule has 0 aliphatic rings. The van der Waals surface area contributed by atoms with E-state index in [2.05, 4.69) is 31.9 Å². The summed E-state index contributed by atoms with van der Waals surface area (Å²) in [6.07, 6.45) is 0. The average molecular weight is 328 g/mol. The van der Waals surface area contributed by atoms with Gasteiger partial charge >= 0.3 is 0 Å². The van der Waals surface area contributed by atoms with Gasteiger partial charge < -0.3 is 5.11 Å². The molecule has 2 aromatic carbocycles. The fourth-order valence-electron chi connectivity index (χ4n) is 1.40. The molecule has 15 heavy (non-hydrogen) atoms. The molecule has 0 saturated heterocycles. The number of aromatic hydroxyl groups is 1. The van der Waals surface area contributed by atoms with E-state index in [0.29, 0.717) is 0 Å². The normalized spacial score (nSPS) is 10.3. The van der Waals surface area contributed by atoms with Crippen LogP contribution < -0.4 is 0 Å². The quantitative estimate of drug-likeness (QED) is 0.812. The predicted molar refractivity (Wildman–Crippen MR) is 68.9 cm³/mol. The van der Waals surface area contributed by atoms with Crippen molar-refractivity contribution in [2.75, 3.05) is 0 Å². The molecule has 0 bridgehead atoms. The fraction of sp³-hybridized carbons (Fsp3) is 0. The van der Waals surface area contributed by atoms with Crippen LogP contribution in [-0.2, 0) is 0 Å². The van der Waals surface area contributed by atoms with Gasteiger partial charge in [-0.2, -0.15) is 0 Å². The molecule has 2 rings (SSSR count). The highest BCUT2D eigenvalue weighted by atomic mass is 79.9. The van der Waals surface area contributed by atoms with Gasteiger partial charge in [0.2, 0.25) is 0 Å². The highest BCUT2D eigenvalue weighted by Gasteiger charge is 2.06. The number of halogens is 2. The Morgan fingerprint density at radius 1 is 0.800 bits per heavy atom. The molecule has 1 N–H and O–H groups in total. The Morgan fingerprint density at radius 2 is 1.47 bits per heavy atom. The van der Waals surface area contributed by atoms with E-state index in [1.165, 1.54) is 0 Å². The van der Waals surface area contributed by atoms with Crippen molar-refractivity contribution < 1.29 is 5.11 Å². The Hall–Kier alpha value is -0.800. The van der Waals surface area contributed by atoms with Crippen LogP contribution in [0.4, 0.5) is 0 Å². The van der Waals surface area contributed by atoms with Gasteiger partial charge in [0.25, 0.3) is 0 Å². The summed E-state index contributed by atoms with van der Waals surface area (Å²) in [7, 11) is 0. The Bertz CT molecular complexity index is 495. The highest BCUT2D eigenvalue weighted by molar-refractivity contribution is 9.11. The zero-order valence-electron chi connectivity index (χ0n) is 7.74. The molecule has 0 aromatic heterocycles. The first-order valence-corrected chi connectivity index (χ1v) is 6.00. The van der Waals surface area contributed by atoms with Gasteiger partial charge in [0.15, 0.2) is 0 Å². The molecule has 0 spiro atoms. The van der Waals surface area contributed by atoms with Crippen LogP contribution >= 0.6 is 31.9 Å². The van der Waals surface area contributed by atoms with E-state index in [1.807, 2.05) is 30.3 Å². The maximum absolute atomic E-state index is 9.31. The van der Waals surface area contributed by atoms with E-state index < -0.39 is 0 Å². The number of benzene rings is 2. The molecule has 1 nitrogen and oxygen atoms in total. The van der Waals surface area contributed by atoms with E-state index in [4.69, 9.17) is 0 Å². The smallest absolute Gasteiger partial charge is 0.116 e. The van der Waals surface area contributed by atoms with Crippen LogP contribution in [0.3, 0.4) is 0 Å². The van der Waals surface area contributed by atoms with Crippen LogP contribution in [0.15, 0.2) is 51.4 Å². The summed E-state index contributed by atoms with van der Waals surface area (Å²) in [5.74, 6) is 0.262. The maximum Gasteiger partial charge on any atom is 0.116 e. The van der Waals surface area contributed by atoms with Crippen molar-refractivity contribution in [1.29, 1.82) is 0 Å². The van der Waals surface area contributed by atoms with Crippen LogP contribution in [-0.4, -0.2) is 5.11 Å². The first-order valence-electron chi connectivity index (χ1n) is 4.42. The number of hydrogen-bond acceptors (Lipinski definition) is 1. The van der Waals surface area contributed by atoms with Gasteiger partial charge in [0.05, 0.1) is 0 Å². The van der Waals surface area contributed by atoms with Crippen molar-refractivity contribution >= 4 is 31.9 Å². The van der Waals surface area contributed by atoms with Crippen LogP contribution in [0, 0.1) is 0 Å². The van der Waals surface area contributed by atoms with Crippen LogP contribution in [0.25, 0.3) is 11.1 Å². The average Bonchev–Trinajstić information content (AvgIpc) is 2.20. The van der Waals surface area contributed by atoms with Crippen molar-refractivity contribution in [2.24, 2.45) is 0 Å². The molecule has 2 aromatic rings. The van der Waals surface area contributed by atoms with Crippen molar-refractivity contribution in [1.82, 2.24) is 0 Å². The number of rotatable bonds is 1. The Balaban J connectivity index is 2.60. The van der Waals surface area contributed by atoms with E-state index in [1.54, 1.807) is 12.1 Å². The van der Waals surface area contributed by atoms with Gasteiger partial charge in [-0.05, 0) is 35.4 Å². The van der Waals surface area contributed by atoms with Gasteiger partial charge in [-0.25, -0.2) is 0 Å². The monoisotopic (exact) mass is 326 g/mol. The Kier molecular flexibility index (Phi) is 3.12. The Labute approximate surface area is 105 Å². The molecule has 0 aliphatic carbocycles. The molecule has 0 aliphatic heterocycles. The lowest BCUT2D eigenvalue weighted by Crippen LogP contribution is -1.81. The third kappa shape index (κ3) is 2.24. The summed E-state index contributed by atoms with van der Waals surface area (Å²) in [5, 5.41) is 9.31. The molecule has 0 amide bonds. The second-order valence-electron chi connectivity index (χ2n) is 3.14. The molecular weight excluding hydrogens is 320 g/mol. The lowest BCUT2D eigenvalue weighted by Gasteiger charge is -2.07. The van der Waals surface area contributed by atoms with E-state index in [0.717, 1.165) is 20.1 Å². The predicted octanol–water partition coefficient (Wildman–Crippen LogP) is 4.58. The minimum Gasteiger partial charge on any atom is -0.508 e. The van der Waals surface area contributed by atoms with Gasteiger partial charge in [-0.15, -0.1) is 0 Å². The summed E-state index contributed by atoms with van der Waals surface area (Å²) in [6, 6.07) is 13.2. The van der Waals surface area contributed by atoms with Gasteiger partial charge in [0.1, 0.15) is 5.75 Å². The zero-order valence-corrected chi connectivity index (χ0v) is 10.9. The first-order chi connectivity index (χ1) is 7.18. The highest BCUT2D eigenvalue weighted by Crippen LogP contribution is 2.35. The lowest BCUT2D eigenvalue weighted by atomic mass is 10.1. The third-order valence-electron chi connectivity index (χ3n) is 2.12. The molecule has 0 fully saturated rings. The molecule has 0 heterocycles. The van der Waals surface area contributed by atoms with Crippen LogP contribution in [0.5, 0.6) is 5.75 Å². The summed E-state index contributed by atoms with van der Waals surface area (Å²) in [5.41, 5.74) is 2.16. The van der Waals surface area contributed by atoms with Crippen LogP contribution in [0.2, 0.25) is 0 Å². The standard InChI is InChI=1S/C12H8Br2O/c13-11-4-2-1-3-9(11)10-6-5-8(15)7-12(10)14/h1-7,15H. The third-order valence-corrected chi connectivity index (χ3v) is 3.46. The van der Waals surface area contributed by atoms with E-state index >= 15 is 0 Å². The molecule has 0 atom stereocenters. The summed E-state index contributed by atoms with van der Waals surface area (Å²) < 4.78 is 1.92. The van der Waals surface area contributed by atoms with Gasteiger partial charge in [-0.3, -0.25) is 0 Å². The molecule has 76 valence electrons. The zero-order chi connectivity index (χ0) is 10.8. The second-order valence-corrected chi connectivity index (χ2v) is 4.85. The van der Waals surface area contributed by atoms with Crippen molar-refractivity contribution in [3.63, 3.8) is 0 Å². The largest absolute Gasteiger partial charge is 0.508 e. The molecule has 3 heteroatoms. The van der Waals surface area contributed by atoms with Crippen molar-refractivity contribution in [3.05, 3.63) is 51.4 Å². The first kappa shape index (κ1) is 10.7. The van der Waals surface area contributed by atoms with Crippen molar-refractivity contribution in [3.8, 4) is 16.9 Å². The number of phenols is 1. The van der Waals surface area contributed by atoms with E-state index in [-0.39, 0.29) is 5.75 Å². The fourth-order valence-corrected chi connectivity index (χ4v) is 2.48. The number of phenolic OH excluding ortho intramolecular Hbond substituents is 1. The molecular formula is C12H8Br2O.